The molecule has 1 aromatic carbocycles. The Hall–Kier alpha value is -1.07. The first-order valence-electron chi connectivity index (χ1n) is 5.87. The highest BCUT2D eigenvalue weighted by Gasteiger charge is 2.27. The molecule has 1 fully saturated rings. The van der Waals surface area contributed by atoms with Gasteiger partial charge in [-0.25, -0.2) is 0 Å². The largest absolute Gasteiger partial charge is 0.356 e. The third kappa shape index (κ3) is 3.46. The molecule has 3 nitrogen and oxygen atoms in total. The van der Waals surface area contributed by atoms with E-state index in [9.17, 15) is 4.79 Å². The number of thiocarbonyl (C=S) groups is 1. The molecule has 96 valence electrons. The van der Waals surface area contributed by atoms with Crippen molar-refractivity contribution in [3.63, 3.8) is 0 Å². The summed E-state index contributed by atoms with van der Waals surface area (Å²) in [4.78, 5) is 13.9. The van der Waals surface area contributed by atoms with E-state index in [0.29, 0.717) is 13.0 Å². The van der Waals surface area contributed by atoms with Crippen molar-refractivity contribution < 1.29 is 4.79 Å². The quantitative estimate of drug-likeness (QED) is 0.855. The summed E-state index contributed by atoms with van der Waals surface area (Å²) in [6, 6.07) is 10.2. The number of rotatable bonds is 4. The molecule has 2 rings (SSSR count). The normalized spacial score (nSPS) is 19.1. The van der Waals surface area contributed by atoms with Gasteiger partial charge in [-0.1, -0.05) is 54.3 Å². The molecule has 0 aliphatic carbocycles. The standard InChI is InChI=1S/C13H16N2OS2/c1-15-11(9-18-13(15)17)7-12(16)14-8-10-5-3-2-4-6-10/h2-6,11H,7-9H2,1H3,(H,14,16). The maximum Gasteiger partial charge on any atom is 0.222 e. The van der Waals surface area contributed by atoms with Gasteiger partial charge in [-0.15, -0.1) is 0 Å². The van der Waals surface area contributed by atoms with Crippen molar-refractivity contribution >= 4 is 34.2 Å². The van der Waals surface area contributed by atoms with Crippen LogP contribution in [0, 0.1) is 0 Å². The zero-order valence-corrected chi connectivity index (χ0v) is 11.9. The Balaban J connectivity index is 1.78. The molecule has 1 saturated heterocycles. The van der Waals surface area contributed by atoms with Crippen LogP contribution in [-0.4, -0.2) is 34.0 Å². The van der Waals surface area contributed by atoms with E-state index >= 15 is 0 Å². The van der Waals surface area contributed by atoms with Gasteiger partial charge in [0.2, 0.25) is 5.91 Å². The number of nitrogens with one attached hydrogen (secondary N) is 1. The molecule has 5 heteroatoms. The SMILES string of the molecule is CN1C(=S)SCC1CC(=O)NCc1ccccc1. The molecule has 1 aliphatic rings. The van der Waals surface area contributed by atoms with Crippen molar-refractivity contribution in [1.82, 2.24) is 10.2 Å². The Kier molecular flexibility index (Phi) is 4.60. The van der Waals surface area contributed by atoms with Crippen LogP contribution in [0.25, 0.3) is 0 Å². The second-order valence-electron chi connectivity index (χ2n) is 4.31. The van der Waals surface area contributed by atoms with E-state index in [2.05, 4.69) is 5.32 Å². The summed E-state index contributed by atoms with van der Waals surface area (Å²) in [5, 5.41) is 2.94. The fourth-order valence-electron chi connectivity index (χ4n) is 1.81. The van der Waals surface area contributed by atoms with E-state index in [1.54, 1.807) is 11.8 Å². The van der Waals surface area contributed by atoms with Gasteiger partial charge >= 0.3 is 0 Å². The molecule has 0 radical (unpaired) electrons. The first-order valence-corrected chi connectivity index (χ1v) is 7.26. The Morgan fingerprint density at radius 2 is 2.22 bits per heavy atom. The van der Waals surface area contributed by atoms with Crippen molar-refractivity contribution in [2.45, 2.75) is 19.0 Å². The molecule has 0 bridgehead atoms. The third-order valence-electron chi connectivity index (χ3n) is 2.99. The van der Waals surface area contributed by atoms with Crippen LogP contribution in [0.5, 0.6) is 0 Å². The second-order valence-corrected chi connectivity index (χ2v) is 5.96. The molecule has 0 aromatic heterocycles. The van der Waals surface area contributed by atoms with Gasteiger partial charge in [0.05, 0.1) is 0 Å². The molecular formula is C13H16N2OS2. The van der Waals surface area contributed by atoms with E-state index in [1.165, 1.54) is 0 Å². The zero-order valence-electron chi connectivity index (χ0n) is 10.3. The monoisotopic (exact) mass is 280 g/mol. The lowest BCUT2D eigenvalue weighted by atomic mass is 10.2. The summed E-state index contributed by atoms with van der Waals surface area (Å²) in [6.07, 6.45) is 0.510. The average molecular weight is 280 g/mol. The molecule has 1 unspecified atom stereocenters. The zero-order chi connectivity index (χ0) is 13.0. The summed E-state index contributed by atoms with van der Waals surface area (Å²) in [5.41, 5.74) is 1.12. The first-order chi connectivity index (χ1) is 8.66. The minimum Gasteiger partial charge on any atom is -0.356 e. The highest BCUT2D eigenvalue weighted by Crippen LogP contribution is 2.24. The number of hydrogen-bond acceptors (Lipinski definition) is 3. The van der Waals surface area contributed by atoms with Crippen molar-refractivity contribution in [3.05, 3.63) is 35.9 Å². The summed E-state index contributed by atoms with van der Waals surface area (Å²) in [5.74, 6) is 0.995. The molecule has 0 spiro atoms. The second kappa shape index (κ2) is 6.20. The van der Waals surface area contributed by atoms with Gasteiger partial charge in [0.1, 0.15) is 4.32 Å². The number of carbonyl (C=O) groups excluding carboxylic acids is 1. The van der Waals surface area contributed by atoms with Crippen molar-refractivity contribution in [3.8, 4) is 0 Å². The Bertz CT molecular complexity index is 436. The number of nitrogens with zero attached hydrogens (tertiary/aromatic N) is 1. The number of hydrogen-bond donors (Lipinski definition) is 1. The van der Waals surface area contributed by atoms with E-state index in [0.717, 1.165) is 15.6 Å². The molecule has 1 heterocycles. The van der Waals surface area contributed by atoms with Crippen LogP contribution in [0.3, 0.4) is 0 Å². The highest BCUT2D eigenvalue weighted by molar-refractivity contribution is 8.23. The van der Waals surface area contributed by atoms with Crippen LogP contribution in [0.4, 0.5) is 0 Å². The van der Waals surface area contributed by atoms with Crippen LogP contribution in [-0.2, 0) is 11.3 Å². The maximum absolute atomic E-state index is 11.8. The number of amides is 1. The molecular weight excluding hydrogens is 264 g/mol. The van der Waals surface area contributed by atoms with E-state index in [-0.39, 0.29) is 11.9 Å². The molecule has 1 amide bonds. The summed E-state index contributed by atoms with van der Waals surface area (Å²) in [6.45, 7) is 0.591. The molecule has 1 aliphatic heterocycles. The predicted octanol–water partition coefficient (Wildman–Crippen LogP) is 2.02. The Morgan fingerprint density at radius 1 is 1.50 bits per heavy atom. The number of carbonyl (C=O) groups is 1. The summed E-state index contributed by atoms with van der Waals surface area (Å²) in [7, 11) is 1.96. The summed E-state index contributed by atoms with van der Waals surface area (Å²) < 4.78 is 0.885. The van der Waals surface area contributed by atoms with Gasteiger partial charge in [0.25, 0.3) is 0 Å². The van der Waals surface area contributed by atoms with Crippen LogP contribution >= 0.6 is 24.0 Å². The number of thioether (sulfide) groups is 1. The lowest BCUT2D eigenvalue weighted by molar-refractivity contribution is -0.121. The van der Waals surface area contributed by atoms with Crippen LogP contribution in [0.15, 0.2) is 30.3 Å². The molecule has 18 heavy (non-hydrogen) atoms. The van der Waals surface area contributed by atoms with Gasteiger partial charge in [-0.05, 0) is 5.56 Å². The fraction of sp³-hybridized carbons (Fsp3) is 0.385. The topological polar surface area (TPSA) is 32.3 Å². The Morgan fingerprint density at radius 3 is 2.83 bits per heavy atom. The van der Waals surface area contributed by atoms with Crippen LogP contribution < -0.4 is 5.32 Å². The lowest BCUT2D eigenvalue weighted by Gasteiger charge is -2.19. The molecule has 1 aromatic rings. The molecule has 0 saturated carbocycles. The van der Waals surface area contributed by atoms with E-state index < -0.39 is 0 Å². The van der Waals surface area contributed by atoms with Gasteiger partial charge in [-0.2, -0.15) is 0 Å². The van der Waals surface area contributed by atoms with Crippen molar-refractivity contribution in [2.75, 3.05) is 12.8 Å². The summed E-state index contributed by atoms with van der Waals surface area (Å²) >= 11 is 6.82. The molecule has 1 atom stereocenters. The van der Waals surface area contributed by atoms with Gasteiger partial charge < -0.3 is 10.2 Å². The van der Waals surface area contributed by atoms with E-state index in [4.69, 9.17) is 12.2 Å². The lowest BCUT2D eigenvalue weighted by Crippen LogP contribution is -2.35. The van der Waals surface area contributed by atoms with Crippen molar-refractivity contribution in [2.24, 2.45) is 0 Å². The van der Waals surface area contributed by atoms with Crippen LogP contribution in [0.2, 0.25) is 0 Å². The first kappa shape index (κ1) is 13.4. The molecule has 1 N–H and O–H groups in total. The van der Waals surface area contributed by atoms with Gasteiger partial charge in [-0.3, -0.25) is 4.79 Å². The minimum atomic E-state index is 0.0843. The van der Waals surface area contributed by atoms with E-state index in [1.807, 2.05) is 42.3 Å². The minimum absolute atomic E-state index is 0.0843. The maximum atomic E-state index is 11.8. The average Bonchev–Trinajstić information content (AvgIpc) is 2.70. The predicted molar refractivity (Wildman–Crippen MR) is 79.5 cm³/mol. The van der Waals surface area contributed by atoms with Gasteiger partial charge in [0.15, 0.2) is 0 Å². The fourth-order valence-corrected chi connectivity index (χ4v) is 3.19. The Labute approximate surface area is 117 Å². The third-order valence-corrected chi connectivity index (χ3v) is 4.72. The van der Waals surface area contributed by atoms with Crippen LogP contribution in [0.1, 0.15) is 12.0 Å². The van der Waals surface area contributed by atoms with Gasteiger partial charge in [0, 0.05) is 31.8 Å². The number of benzene rings is 1. The smallest absolute Gasteiger partial charge is 0.222 e. The van der Waals surface area contributed by atoms with Crippen molar-refractivity contribution in [1.29, 1.82) is 0 Å². The highest BCUT2D eigenvalue weighted by atomic mass is 32.2.